The number of thiazole rings is 1. The SMILES string of the molecule is O=C(O)C1(c2cscn2)CCC(O)CC1. The summed E-state index contributed by atoms with van der Waals surface area (Å²) in [6, 6.07) is 0. The van der Waals surface area contributed by atoms with Crippen LogP contribution in [0.2, 0.25) is 0 Å². The molecular formula is C10H13NO3S. The molecule has 1 saturated carbocycles. The van der Waals surface area contributed by atoms with Gasteiger partial charge in [0, 0.05) is 5.38 Å². The molecule has 2 N–H and O–H groups in total. The molecule has 0 radical (unpaired) electrons. The molecule has 1 heterocycles. The lowest BCUT2D eigenvalue weighted by molar-refractivity contribution is -0.146. The van der Waals surface area contributed by atoms with Gasteiger partial charge in [0.25, 0.3) is 0 Å². The van der Waals surface area contributed by atoms with E-state index in [1.54, 1.807) is 10.9 Å². The highest BCUT2D eigenvalue weighted by Gasteiger charge is 2.44. The van der Waals surface area contributed by atoms with Gasteiger partial charge in [-0.25, -0.2) is 4.98 Å². The number of aliphatic carboxylic acids is 1. The summed E-state index contributed by atoms with van der Waals surface area (Å²) in [6.45, 7) is 0. The van der Waals surface area contributed by atoms with Crippen molar-refractivity contribution in [3.8, 4) is 0 Å². The molecule has 0 aliphatic heterocycles. The fourth-order valence-corrected chi connectivity index (χ4v) is 2.77. The second-order valence-corrected chi connectivity index (χ2v) is 4.71. The molecule has 5 heteroatoms. The normalized spacial score (nSPS) is 31.4. The number of hydrogen-bond acceptors (Lipinski definition) is 4. The van der Waals surface area contributed by atoms with Crippen LogP contribution in [0.3, 0.4) is 0 Å². The Morgan fingerprint density at radius 2 is 2.20 bits per heavy atom. The van der Waals surface area contributed by atoms with Gasteiger partial charge in [-0.1, -0.05) is 0 Å². The topological polar surface area (TPSA) is 70.4 Å². The van der Waals surface area contributed by atoms with Crippen molar-refractivity contribution in [1.82, 2.24) is 4.98 Å². The van der Waals surface area contributed by atoms with E-state index in [4.69, 9.17) is 0 Å². The van der Waals surface area contributed by atoms with Crippen molar-refractivity contribution in [2.45, 2.75) is 37.2 Å². The summed E-state index contributed by atoms with van der Waals surface area (Å²) < 4.78 is 0. The first-order chi connectivity index (χ1) is 7.15. The number of rotatable bonds is 2. The van der Waals surface area contributed by atoms with Gasteiger partial charge in [-0.05, 0) is 25.7 Å². The molecule has 0 saturated heterocycles. The Bertz CT molecular complexity index is 342. The average Bonchev–Trinajstić information content (AvgIpc) is 2.72. The highest BCUT2D eigenvalue weighted by atomic mass is 32.1. The van der Waals surface area contributed by atoms with Crippen molar-refractivity contribution >= 4 is 17.3 Å². The van der Waals surface area contributed by atoms with Gasteiger partial charge in [0.05, 0.1) is 17.3 Å². The van der Waals surface area contributed by atoms with E-state index in [2.05, 4.69) is 4.98 Å². The lowest BCUT2D eigenvalue weighted by Gasteiger charge is -2.33. The number of aromatic nitrogens is 1. The van der Waals surface area contributed by atoms with E-state index < -0.39 is 11.4 Å². The molecule has 0 atom stereocenters. The van der Waals surface area contributed by atoms with E-state index >= 15 is 0 Å². The van der Waals surface area contributed by atoms with Gasteiger partial charge < -0.3 is 10.2 Å². The van der Waals surface area contributed by atoms with E-state index in [-0.39, 0.29) is 6.10 Å². The van der Waals surface area contributed by atoms with E-state index in [1.165, 1.54) is 11.3 Å². The minimum Gasteiger partial charge on any atom is -0.481 e. The zero-order valence-corrected chi connectivity index (χ0v) is 9.04. The van der Waals surface area contributed by atoms with Crippen LogP contribution in [-0.4, -0.2) is 27.3 Å². The minimum absolute atomic E-state index is 0.351. The highest BCUT2D eigenvalue weighted by molar-refractivity contribution is 7.07. The second kappa shape index (κ2) is 3.90. The minimum atomic E-state index is -0.862. The summed E-state index contributed by atoms with van der Waals surface area (Å²) in [5, 5.41) is 20.5. The number of carboxylic acid groups (broad SMARTS) is 1. The zero-order chi connectivity index (χ0) is 10.9. The molecule has 1 aromatic heterocycles. The average molecular weight is 227 g/mol. The van der Waals surface area contributed by atoms with Gasteiger partial charge in [-0.2, -0.15) is 0 Å². The van der Waals surface area contributed by atoms with E-state index in [0.29, 0.717) is 31.4 Å². The number of carbonyl (C=O) groups is 1. The van der Waals surface area contributed by atoms with Crippen LogP contribution in [0.1, 0.15) is 31.4 Å². The number of carboxylic acids is 1. The monoisotopic (exact) mass is 227 g/mol. The Morgan fingerprint density at radius 3 is 2.67 bits per heavy atom. The van der Waals surface area contributed by atoms with Crippen LogP contribution in [0.25, 0.3) is 0 Å². The maximum absolute atomic E-state index is 11.4. The summed E-state index contributed by atoms with van der Waals surface area (Å²) in [6.07, 6.45) is 1.70. The molecule has 15 heavy (non-hydrogen) atoms. The van der Waals surface area contributed by atoms with Crippen LogP contribution in [0, 0.1) is 0 Å². The fraction of sp³-hybridized carbons (Fsp3) is 0.600. The van der Waals surface area contributed by atoms with Crippen LogP contribution in [0.4, 0.5) is 0 Å². The molecule has 0 aromatic carbocycles. The summed E-state index contributed by atoms with van der Waals surface area (Å²) >= 11 is 1.41. The number of nitrogens with zero attached hydrogens (tertiary/aromatic N) is 1. The molecular weight excluding hydrogens is 214 g/mol. The maximum Gasteiger partial charge on any atom is 0.315 e. The molecule has 1 aliphatic rings. The Balaban J connectivity index is 2.30. The number of aliphatic hydroxyl groups is 1. The van der Waals surface area contributed by atoms with Crippen LogP contribution >= 0.6 is 11.3 Å². The van der Waals surface area contributed by atoms with Crippen molar-refractivity contribution in [2.24, 2.45) is 0 Å². The van der Waals surface area contributed by atoms with Gasteiger partial charge in [-0.15, -0.1) is 11.3 Å². The lowest BCUT2D eigenvalue weighted by Crippen LogP contribution is -2.41. The third-order valence-corrected chi connectivity index (χ3v) is 3.73. The summed E-state index contributed by atoms with van der Waals surface area (Å²) in [4.78, 5) is 15.5. The standard InChI is InChI=1S/C10H13NO3S/c12-7-1-3-10(4-2-7,9(13)14)8-5-15-6-11-8/h5-7,12H,1-4H2,(H,13,14). The van der Waals surface area contributed by atoms with Crippen molar-refractivity contribution in [2.75, 3.05) is 0 Å². The molecule has 0 bridgehead atoms. The quantitative estimate of drug-likeness (QED) is 0.801. The molecule has 0 unspecified atom stereocenters. The largest absolute Gasteiger partial charge is 0.481 e. The van der Waals surface area contributed by atoms with Gasteiger partial charge in [0.1, 0.15) is 5.41 Å². The van der Waals surface area contributed by atoms with Crippen molar-refractivity contribution in [1.29, 1.82) is 0 Å². The Morgan fingerprint density at radius 1 is 1.53 bits per heavy atom. The molecule has 82 valence electrons. The van der Waals surface area contributed by atoms with Gasteiger partial charge >= 0.3 is 5.97 Å². The van der Waals surface area contributed by atoms with Crippen LogP contribution < -0.4 is 0 Å². The number of aliphatic hydroxyl groups excluding tert-OH is 1. The molecule has 2 rings (SSSR count). The maximum atomic E-state index is 11.4. The van der Waals surface area contributed by atoms with Gasteiger partial charge in [0.2, 0.25) is 0 Å². The predicted molar refractivity (Wildman–Crippen MR) is 55.9 cm³/mol. The highest BCUT2D eigenvalue weighted by Crippen LogP contribution is 2.39. The summed E-state index contributed by atoms with van der Waals surface area (Å²) in [7, 11) is 0. The van der Waals surface area contributed by atoms with E-state index in [9.17, 15) is 15.0 Å². The lowest BCUT2D eigenvalue weighted by atomic mass is 9.71. The molecule has 1 aromatic rings. The third-order valence-electron chi connectivity index (χ3n) is 3.14. The van der Waals surface area contributed by atoms with E-state index in [0.717, 1.165) is 0 Å². The van der Waals surface area contributed by atoms with Crippen LogP contribution in [-0.2, 0) is 10.2 Å². The van der Waals surface area contributed by atoms with Crippen LogP contribution in [0.5, 0.6) is 0 Å². The second-order valence-electron chi connectivity index (χ2n) is 3.99. The van der Waals surface area contributed by atoms with Crippen molar-refractivity contribution < 1.29 is 15.0 Å². The molecule has 4 nitrogen and oxygen atoms in total. The fourth-order valence-electron chi connectivity index (χ4n) is 2.12. The van der Waals surface area contributed by atoms with E-state index in [1.807, 2.05) is 0 Å². The molecule has 1 aliphatic carbocycles. The zero-order valence-electron chi connectivity index (χ0n) is 8.22. The first-order valence-corrected chi connectivity index (χ1v) is 5.89. The Kier molecular flexibility index (Phi) is 2.75. The predicted octanol–water partition coefficient (Wildman–Crippen LogP) is 1.40. The Labute approximate surface area is 91.6 Å². The van der Waals surface area contributed by atoms with Crippen molar-refractivity contribution in [3.63, 3.8) is 0 Å². The van der Waals surface area contributed by atoms with Crippen LogP contribution in [0.15, 0.2) is 10.9 Å². The smallest absolute Gasteiger partial charge is 0.315 e. The molecule has 0 amide bonds. The Hall–Kier alpha value is -0.940. The van der Waals surface area contributed by atoms with Gasteiger partial charge in [0.15, 0.2) is 0 Å². The molecule has 1 fully saturated rings. The van der Waals surface area contributed by atoms with Gasteiger partial charge in [-0.3, -0.25) is 4.79 Å². The number of hydrogen-bond donors (Lipinski definition) is 2. The first-order valence-electron chi connectivity index (χ1n) is 4.95. The molecule has 0 spiro atoms. The summed E-state index contributed by atoms with van der Waals surface area (Å²) in [5.41, 5.74) is 1.44. The van der Waals surface area contributed by atoms with Crippen molar-refractivity contribution in [3.05, 3.63) is 16.6 Å². The summed E-state index contributed by atoms with van der Waals surface area (Å²) in [5.74, 6) is -0.819. The third kappa shape index (κ3) is 1.77. The first kappa shape index (κ1) is 10.6.